The summed E-state index contributed by atoms with van der Waals surface area (Å²) < 4.78 is 5.14. The zero-order chi connectivity index (χ0) is 15.6. The van der Waals surface area contributed by atoms with Crippen LogP contribution in [0.25, 0.3) is 0 Å². The molecule has 0 aromatic carbocycles. The second-order valence-electron chi connectivity index (χ2n) is 5.86. The van der Waals surface area contributed by atoms with Crippen LogP contribution in [0.1, 0.15) is 27.2 Å². The van der Waals surface area contributed by atoms with Gasteiger partial charge < -0.3 is 27.3 Å². The Morgan fingerprint density at radius 1 is 1.25 bits per heavy atom. The third kappa shape index (κ3) is 11.0. The van der Waals surface area contributed by atoms with Gasteiger partial charge >= 0.3 is 6.09 Å². The summed E-state index contributed by atoms with van der Waals surface area (Å²) in [7, 11) is 0. The molecule has 1 amide bonds. The topological polar surface area (TPSA) is 120 Å². The van der Waals surface area contributed by atoms with E-state index in [1.165, 1.54) is 0 Å². The van der Waals surface area contributed by atoms with E-state index < -0.39 is 11.7 Å². The quantitative estimate of drug-likeness (QED) is 0.452. The first-order valence-corrected chi connectivity index (χ1v) is 7.13. The summed E-state index contributed by atoms with van der Waals surface area (Å²) in [6.07, 6.45) is 0.274. The first-order valence-electron chi connectivity index (χ1n) is 7.13. The molecule has 0 aromatic heterocycles. The number of amides is 1. The summed E-state index contributed by atoms with van der Waals surface area (Å²) in [5.41, 5.74) is 16.6. The van der Waals surface area contributed by atoms with Crippen LogP contribution in [0.15, 0.2) is 0 Å². The Hall–Kier alpha value is -0.890. The van der Waals surface area contributed by atoms with Gasteiger partial charge in [0.1, 0.15) is 5.60 Å². The monoisotopic (exact) mass is 289 g/mol. The fourth-order valence-corrected chi connectivity index (χ4v) is 1.76. The lowest BCUT2D eigenvalue weighted by Gasteiger charge is -2.25. The first kappa shape index (κ1) is 19.1. The Kier molecular flexibility index (Phi) is 9.49. The molecule has 0 aromatic rings. The van der Waals surface area contributed by atoms with Crippen LogP contribution in [0, 0.1) is 0 Å². The molecule has 0 radical (unpaired) electrons. The predicted molar refractivity (Wildman–Crippen MR) is 81.4 cm³/mol. The second kappa shape index (κ2) is 9.93. The second-order valence-corrected chi connectivity index (χ2v) is 5.86. The fourth-order valence-electron chi connectivity index (χ4n) is 1.76. The van der Waals surface area contributed by atoms with Crippen LogP contribution in [0.5, 0.6) is 0 Å². The number of hydrogen-bond donors (Lipinski definition) is 4. The van der Waals surface area contributed by atoms with Gasteiger partial charge in [-0.2, -0.15) is 0 Å². The number of nitrogens with one attached hydrogen (secondary N) is 1. The molecule has 20 heavy (non-hydrogen) atoms. The lowest BCUT2D eigenvalue weighted by atomic mass is 10.2. The van der Waals surface area contributed by atoms with Crippen molar-refractivity contribution >= 4 is 6.09 Å². The average molecular weight is 289 g/mol. The van der Waals surface area contributed by atoms with Gasteiger partial charge in [0.05, 0.1) is 0 Å². The van der Waals surface area contributed by atoms with Gasteiger partial charge in [-0.25, -0.2) is 4.79 Å². The van der Waals surface area contributed by atoms with Gasteiger partial charge in [0.25, 0.3) is 0 Å². The van der Waals surface area contributed by atoms with Crippen molar-refractivity contribution in [2.45, 2.75) is 38.8 Å². The Morgan fingerprint density at radius 2 is 1.80 bits per heavy atom. The average Bonchev–Trinajstić information content (AvgIpc) is 2.27. The molecule has 7 heteroatoms. The van der Waals surface area contributed by atoms with Gasteiger partial charge in [0, 0.05) is 45.3 Å². The molecule has 1 atom stereocenters. The molecule has 0 aliphatic heterocycles. The van der Waals surface area contributed by atoms with E-state index in [2.05, 4.69) is 10.2 Å². The van der Waals surface area contributed by atoms with Crippen molar-refractivity contribution < 1.29 is 9.53 Å². The molecule has 0 saturated carbocycles. The van der Waals surface area contributed by atoms with E-state index in [4.69, 9.17) is 21.9 Å². The van der Waals surface area contributed by atoms with Crippen LogP contribution in [-0.2, 0) is 4.74 Å². The van der Waals surface area contributed by atoms with Gasteiger partial charge in [0.15, 0.2) is 0 Å². The third-order valence-corrected chi connectivity index (χ3v) is 2.57. The first-order chi connectivity index (χ1) is 9.28. The summed E-state index contributed by atoms with van der Waals surface area (Å²) in [4.78, 5) is 13.6. The van der Waals surface area contributed by atoms with Crippen molar-refractivity contribution in [3.8, 4) is 0 Å². The molecule has 0 heterocycles. The summed E-state index contributed by atoms with van der Waals surface area (Å²) in [6.45, 7) is 9.45. The van der Waals surface area contributed by atoms with Gasteiger partial charge in [-0.15, -0.1) is 0 Å². The van der Waals surface area contributed by atoms with Crippen LogP contribution in [0.2, 0.25) is 0 Å². The van der Waals surface area contributed by atoms with Gasteiger partial charge in [-0.3, -0.25) is 4.90 Å². The van der Waals surface area contributed by atoms with Gasteiger partial charge in [-0.05, 0) is 27.2 Å². The number of carbonyl (C=O) groups excluding carboxylic acids is 1. The Labute approximate surface area is 122 Å². The fraction of sp³-hybridized carbons (Fsp3) is 0.923. The molecule has 0 rings (SSSR count). The number of nitrogens with two attached hydrogens (primary N) is 3. The van der Waals surface area contributed by atoms with Crippen molar-refractivity contribution in [3.05, 3.63) is 0 Å². The zero-order valence-corrected chi connectivity index (χ0v) is 13.0. The van der Waals surface area contributed by atoms with E-state index in [1.807, 2.05) is 20.8 Å². The van der Waals surface area contributed by atoms with E-state index in [0.717, 1.165) is 19.6 Å². The lowest BCUT2D eigenvalue weighted by molar-refractivity contribution is 0.0526. The van der Waals surface area contributed by atoms with Gasteiger partial charge in [0.2, 0.25) is 0 Å². The molecule has 0 spiro atoms. The number of nitrogens with zero attached hydrogens (tertiary/aromatic N) is 1. The minimum Gasteiger partial charge on any atom is -0.444 e. The molecule has 7 N–H and O–H groups in total. The Balaban J connectivity index is 3.86. The van der Waals surface area contributed by atoms with Crippen molar-refractivity contribution in [1.82, 2.24) is 10.2 Å². The summed E-state index contributed by atoms with van der Waals surface area (Å²) in [5.74, 6) is 0. The Bertz CT molecular complexity index is 262. The number of carbonyl (C=O) groups is 1. The highest BCUT2D eigenvalue weighted by Crippen LogP contribution is 2.06. The maximum atomic E-state index is 11.4. The van der Waals surface area contributed by atoms with Crippen LogP contribution < -0.4 is 22.5 Å². The molecule has 0 aliphatic carbocycles. The van der Waals surface area contributed by atoms with Crippen molar-refractivity contribution in [2.24, 2.45) is 17.2 Å². The normalized spacial score (nSPS) is 13.3. The van der Waals surface area contributed by atoms with E-state index in [9.17, 15) is 4.79 Å². The van der Waals surface area contributed by atoms with Crippen LogP contribution in [0.4, 0.5) is 4.79 Å². The van der Waals surface area contributed by atoms with Crippen LogP contribution in [-0.4, -0.2) is 61.9 Å². The molecule has 7 nitrogen and oxygen atoms in total. The maximum Gasteiger partial charge on any atom is 0.407 e. The molecular formula is C13H31N5O2. The van der Waals surface area contributed by atoms with E-state index >= 15 is 0 Å². The number of hydrogen-bond acceptors (Lipinski definition) is 6. The van der Waals surface area contributed by atoms with Crippen LogP contribution >= 0.6 is 0 Å². The Morgan fingerprint density at radius 3 is 2.25 bits per heavy atom. The predicted octanol–water partition coefficient (Wildman–Crippen LogP) is -0.552. The maximum absolute atomic E-state index is 11.4. The highest BCUT2D eigenvalue weighted by atomic mass is 16.6. The molecule has 0 aliphatic rings. The number of ether oxygens (including phenoxy) is 1. The lowest BCUT2D eigenvalue weighted by Crippen LogP contribution is -2.43. The molecule has 120 valence electrons. The molecule has 0 fully saturated rings. The summed E-state index contributed by atoms with van der Waals surface area (Å²) in [5, 5.41) is 2.70. The van der Waals surface area contributed by atoms with E-state index in [-0.39, 0.29) is 6.04 Å². The zero-order valence-electron chi connectivity index (χ0n) is 13.0. The molecule has 0 bridgehead atoms. The standard InChI is InChI=1S/C13H31N5O2/c1-13(2,3)20-12(19)17-7-4-11(16)10-18(8-5-14)9-6-15/h11H,4-10,14-16H2,1-3H3,(H,17,19). The van der Waals surface area contributed by atoms with Crippen molar-refractivity contribution in [3.63, 3.8) is 0 Å². The third-order valence-electron chi connectivity index (χ3n) is 2.57. The number of alkyl carbamates (subject to hydrolysis) is 1. The molecule has 0 saturated heterocycles. The van der Waals surface area contributed by atoms with Crippen molar-refractivity contribution in [1.29, 1.82) is 0 Å². The summed E-state index contributed by atoms with van der Waals surface area (Å²) in [6, 6.07) is -0.0250. The van der Waals surface area contributed by atoms with Gasteiger partial charge in [-0.1, -0.05) is 0 Å². The van der Waals surface area contributed by atoms with E-state index in [0.29, 0.717) is 26.1 Å². The SMILES string of the molecule is CC(C)(C)OC(=O)NCCC(N)CN(CCN)CCN. The van der Waals surface area contributed by atoms with Crippen molar-refractivity contribution in [2.75, 3.05) is 39.3 Å². The molecular weight excluding hydrogens is 258 g/mol. The smallest absolute Gasteiger partial charge is 0.407 e. The summed E-state index contributed by atoms with van der Waals surface area (Å²) >= 11 is 0. The minimum absolute atomic E-state index is 0.0250. The van der Waals surface area contributed by atoms with E-state index in [1.54, 1.807) is 0 Å². The highest BCUT2D eigenvalue weighted by molar-refractivity contribution is 5.67. The highest BCUT2D eigenvalue weighted by Gasteiger charge is 2.16. The molecule has 1 unspecified atom stereocenters. The largest absolute Gasteiger partial charge is 0.444 e. The minimum atomic E-state index is -0.481. The number of rotatable bonds is 9. The van der Waals surface area contributed by atoms with Crippen LogP contribution in [0.3, 0.4) is 0 Å².